The van der Waals surface area contributed by atoms with Gasteiger partial charge in [-0.3, -0.25) is 0 Å². The number of benzene rings is 1. The molecule has 78 valence electrons. The molecular weight excluding hydrogens is 192 g/mol. The van der Waals surface area contributed by atoms with E-state index in [9.17, 15) is 0 Å². The quantitative estimate of drug-likeness (QED) is 0.596. The molecular formula is C16H14. The smallest absolute Gasteiger partial charge is 0.00303 e. The topological polar surface area (TPSA) is 0 Å². The molecule has 0 saturated heterocycles. The number of rotatable bonds is 0. The third-order valence-electron chi connectivity index (χ3n) is 4.08. The van der Waals surface area contributed by atoms with Gasteiger partial charge in [-0.05, 0) is 47.1 Å². The van der Waals surface area contributed by atoms with E-state index in [4.69, 9.17) is 0 Å². The zero-order valence-corrected chi connectivity index (χ0v) is 9.24. The lowest BCUT2D eigenvalue weighted by Gasteiger charge is -2.25. The summed E-state index contributed by atoms with van der Waals surface area (Å²) in [6.07, 6.45) is 10.9. The maximum absolute atomic E-state index is 2.38. The lowest BCUT2D eigenvalue weighted by atomic mass is 9.79. The van der Waals surface area contributed by atoms with Crippen LogP contribution in [0.15, 0.2) is 48.1 Å². The second kappa shape index (κ2) is 2.98. The zero-order valence-electron chi connectivity index (χ0n) is 9.24. The lowest BCUT2D eigenvalue weighted by Crippen LogP contribution is -2.09. The molecule has 0 heterocycles. The Morgan fingerprint density at radius 1 is 1.06 bits per heavy atom. The van der Waals surface area contributed by atoms with Crippen LogP contribution in [0.4, 0.5) is 0 Å². The summed E-state index contributed by atoms with van der Waals surface area (Å²) in [5.74, 6) is 0.691. The van der Waals surface area contributed by atoms with Crippen molar-refractivity contribution in [3.63, 3.8) is 0 Å². The van der Waals surface area contributed by atoms with Gasteiger partial charge in [0.1, 0.15) is 0 Å². The SMILES string of the molecule is C1=CC2CCCC3=C2C(=C1)c1ccccc13. The first-order valence-electron chi connectivity index (χ1n) is 6.17. The predicted octanol–water partition coefficient (Wildman–Crippen LogP) is 4.21. The zero-order chi connectivity index (χ0) is 10.5. The van der Waals surface area contributed by atoms with Crippen LogP contribution in [0.1, 0.15) is 30.4 Å². The van der Waals surface area contributed by atoms with Gasteiger partial charge in [-0.25, -0.2) is 0 Å². The molecule has 0 aromatic heterocycles. The standard InChI is InChI=1S/C16H14/c1-2-8-13-12(7-1)14-9-3-5-11-6-4-10-15(13)16(11)14/h1-3,5,7-9,11H,4,6,10H2. The molecule has 0 N–H and O–H groups in total. The molecule has 1 atom stereocenters. The Bertz CT molecular complexity index is 555. The fourth-order valence-electron chi connectivity index (χ4n) is 3.43. The fraction of sp³-hybridized carbons (Fsp3) is 0.250. The molecule has 0 saturated carbocycles. The van der Waals surface area contributed by atoms with E-state index in [0.717, 1.165) is 0 Å². The summed E-state index contributed by atoms with van der Waals surface area (Å²) in [6, 6.07) is 8.89. The molecule has 0 aliphatic heterocycles. The van der Waals surface area contributed by atoms with Gasteiger partial charge >= 0.3 is 0 Å². The molecule has 1 aromatic rings. The van der Waals surface area contributed by atoms with E-state index in [0.29, 0.717) is 5.92 Å². The molecule has 0 heteroatoms. The van der Waals surface area contributed by atoms with Gasteiger partial charge in [0.05, 0.1) is 0 Å². The van der Waals surface area contributed by atoms with E-state index in [1.165, 1.54) is 36.0 Å². The molecule has 0 radical (unpaired) electrons. The van der Waals surface area contributed by atoms with Crippen LogP contribution in [0.2, 0.25) is 0 Å². The summed E-state index contributed by atoms with van der Waals surface area (Å²) in [7, 11) is 0. The van der Waals surface area contributed by atoms with Crippen molar-refractivity contribution >= 4 is 11.1 Å². The lowest BCUT2D eigenvalue weighted by molar-refractivity contribution is 0.623. The van der Waals surface area contributed by atoms with Crippen LogP contribution < -0.4 is 0 Å². The second-order valence-corrected chi connectivity index (χ2v) is 4.90. The van der Waals surface area contributed by atoms with Gasteiger partial charge in [0.15, 0.2) is 0 Å². The minimum Gasteiger partial charge on any atom is -0.0770 e. The third kappa shape index (κ3) is 0.948. The van der Waals surface area contributed by atoms with Crippen molar-refractivity contribution in [2.24, 2.45) is 5.92 Å². The third-order valence-corrected chi connectivity index (χ3v) is 4.08. The first-order valence-corrected chi connectivity index (χ1v) is 6.17. The number of fused-ring (bicyclic) bond motifs is 3. The highest BCUT2D eigenvalue weighted by atomic mass is 14.4. The Hall–Kier alpha value is -1.56. The van der Waals surface area contributed by atoms with Crippen LogP contribution in [0.25, 0.3) is 11.1 Å². The summed E-state index contributed by atoms with van der Waals surface area (Å²) in [5, 5.41) is 0. The molecule has 3 aliphatic carbocycles. The van der Waals surface area contributed by atoms with Crippen molar-refractivity contribution in [3.8, 4) is 0 Å². The van der Waals surface area contributed by atoms with Crippen LogP contribution in [0.3, 0.4) is 0 Å². The summed E-state index contributed by atoms with van der Waals surface area (Å²) in [5.41, 5.74) is 7.72. The summed E-state index contributed by atoms with van der Waals surface area (Å²) in [4.78, 5) is 0. The van der Waals surface area contributed by atoms with E-state index in [2.05, 4.69) is 42.5 Å². The van der Waals surface area contributed by atoms with Crippen molar-refractivity contribution in [2.75, 3.05) is 0 Å². The van der Waals surface area contributed by atoms with E-state index in [1.54, 1.807) is 11.1 Å². The average Bonchev–Trinajstić information content (AvgIpc) is 2.68. The Kier molecular flexibility index (Phi) is 1.59. The Balaban J connectivity index is 2.05. The number of hydrogen-bond acceptors (Lipinski definition) is 0. The average molecular weight is 206 g/mol. The van der Waals surface area contributed by atoms with E-state index >= 15 is 0 Å². The molecule has 0 bridgehead atoms. The van der Waals surface area contributed by atoms with Crippen LogP contribution in [-0.4, -0.2) is 0 Å². The van der Waals surface area contributed by atoms with Crippen LogP contribution in [0, 0.1) is 5.92 Å². The van der Waals surface area contributed by atoms with Gasteiger partial charge in [-0.15, -0.1) is 0 Å². The van der Waals surface area contributed by atoms with E-state index < -0.39 is 0 Å². The maximum Gasteiger partial charge on any atom is 0.00303 e. The first-order chi connectivity index (χ1) is 7.95. The molecule has 4 rings (SSSR count). The molecule has 16 heavy (non-hydrogen) atoms. The first kappa shape index (κ1) is 8.58. The highest BCUT2D eigenvalue weighted by Crippen LogP contribution is 2.51. The van der Waals surface area contributed by atoms with Crippen molar-refractivity contribution in [1.29, 1.82) is 0 Å². The maximum atomic E-state index is 2.38. The van der Waals surface area contributed by atoms with Gasteiger partial charge in [0.2, 0.25) is 0 Å². The molecule has 0 amide bonds. The molecule has 1 aromatic carbocycles. The second-order valence-electron chi connectivity index (χ2n) is 4.90. The van der Waals surface area contributed by atoms with E-state index in [1.807, 2.05) is 0 Å². The van der Waals surface area contributed by atoms with Crippen molar-refractivity contribution in [2.45, 2.75) is 19.3 Å². The normalized spacial score (nSPS) is 25.2. The Morgan fingerprint density at radius 3 is 2.88 bits per heavy atom. The summed E-state index contributed by atoms with van der Waals surface area (Å²) >= 11 is 0. The monoisotopic (exact) mass is 206 g/mol. The Labute approximate surface area is 96.0 Å². The molecule has 0 fully saturated rings. The highest BCUT2D eigenvalue weighted by Gasteiger charge is 2.33. The molecule has 3 aliphatic rings. The van der Waals surface area contributed by atoms with Crippen LogP contribution >= 0.6 is 0 Å². The summed E-state index contributed by atoms with van der Waals surface area (Å²) < 4.78 is 0. The van der Waals surface area contributed by atoms with Crippen molar-refractivity contribution in [3.05, 3.63) is 59.2 Å². The number of allylic oxidation sites excluding steroid dienone is 6. The van der Waals surface area contributed by atoms with Gasteiger partial charge in [-0.2, -0.15) is 0 Å². The molecule has 0 nitrogen and oxygen atoms in total. The van der Waals surface area contributed by atoms with Gasteiger partial charge in [-0.1, -0.05) is 42.5 Å². The largest absolute Gasteiger partial charge is 0.0770 e. The molecule has 1 unspecified atom stereocenters. The van der Waals surface area contributed by atoms with Crippen molar-refractivity contribution in [1.82, 2.24) is 0 Å². The van der Waals surface area contributed by atoms with Gasteiger partial charge in [0, 0.05) is 5.92 Å². The van der Waals surface area contributed by atoms with Crippen LogP contribution in [-0.2, 0) is 0 Å². The van der Waals surface area contributed by atoms with Gasteiger partial charge < -0.3 is 0 Å². The summed E-state index contributed by atoms with van der Waals surface area (Å²) in [6.45, 7) is 0. The van der Waals surface area contributed by atoms with E-state index in [-0.39, 0.29) is 0 Å². The van der Waals surface area contributed by atoms with Crippen molar-refractivity contribution < 1.29 is 0 Å². The highest BCUT2D eigenvalue weighted by molar-refractivity contribution is 6.02. The Morgan fingerprint density at radius 2 is 1.94 bits per heavy atom. The molecule has 0 spiro atoms. The van der Waals surface area contributed by atoms with Gasteiger partial charge in [0.25, 0.3) is 0 Å². The fourth-order valence-corrected chi connectivity index (χ4v) is 3.43. The minimum atomic E-state index is 0.691. The minimum absolute atomic E-state index is 0.691. The number of hydrogen-bond donors (Lipinski definition) is 0. The predicted molar refractivity (Wildman–Crippen MR) is 67.8 cm³/mol. The van der Waals surface area contributed by atoms with Crippen LogP contribution in [0.5, 0.6) is 0 Å².